The highest BCUT2D eigenvalue weighted by molar-refractivity contribution is 8.14. The molecule has 2 heterocycles. The average molecular weight is 297 g/mol. The molecule has 0 spiro atoms. The van der Waals surface area contributed by atoms with Crippen molar-refractivity contribution in [2.24, 2.45) is 10.9 Å². The predicted molar refractivity (Wildman–Crippen MR) is 81.2 cm³/mol. The summed E-state index contributed by atoms with van der Waals surface area (Å²) in [5.41, 5.74) is 0. The van der Waals surface area contributed by atoms with Gasteiger partial charge in [0.15, 0.2) is 5.17 Å². The van der Waals surface area contributed by atoms with E-state index in [1.54, 1.807) is 4.90 Å². The fourth-order valence-corrected chi connectivity index (χ4v) is 4.06. The van der Waals surface area contributed by atoms with E-state index in [9.17, 15) is 4.79 Å². The quantitative estimate of drug-likeness (QED) is 0.866. The Bertz CT molecular complexity index is 390. The zero-order chi connectivity index (χ0) is 13.9. The molecule has 0 aromatic rings. The van der Waals surface area contributed by atoms with E-state index in [2.05, 4.69) is 10.3 Å². The molecule has 3 rings (SSSR count). The Hall–Kier alpha value is -0.910. The van der Waals surface area contributed by atoms with E-state index in [1.165, 1.54) is 12.8 Å². The Kier molecular flexibility index (Phi) is 4.38. The van der Waals surface area contributed by atoms with Gasteiger partial charge in [0, 0.05) is 24.4 Å². The summed E-state index contributed by atoms with van der Waals surface area (Å²) in [6, 6.07) is 0.449. The Balaban J connectivity index is 1.39. The van der Waals surface area contributed by atoms with Crippen molar-refractivity contribution in [2.45, 2.75) is 43.9 Å². The molecule has 2 aliphatic heterocycles. The van der Waals surface area contributed by atoms with Crippen LogP contribution in [0.15, 0.2) is 4.99 Å². The summed E-state index contributed by atoms with van der Waals surface area (Å²) in [4.78, 5) is 18.1. The Morgan fingerprint density at radius 2 is 2.15 bits per heavy atom. The normalized spacial score (nSPS) is 27.4. The highest BCUT2D eigenvalue weighted by Gasteiger charge is 2.36. The molecule has 112 valence electrons. The lowest BCUT2D eigenvalue weighted by Gasteiger charge is -2.31. The first-order valence-corrected chi connectivity index (χ1v) is 8.53. The van der Waals surface area contributed by atoms with Gasteiger partial charge in [0.2, 0.25) is 0 Å². The van der Waals surface area contributed by atoms with Crippen LogP contribution in [0.3, 0.4) is 0 Å². The van der Waals surface area contributed by atoms with Gasteiger partial charge in [0.05, 0.1) is 13.2 Å². The minimum absolute atomic E-state index is 0.174. The molecule has 0 bridgehead atoms. The van der Waals surface area contributed by atoms with Crippen LogP contribution in [0.4, 0.5) is 4.79 Å². The molecule has 1 aliphatic carbocycles. The maximum Gasteiger partial charge on any atom is 0.409 e. The van der Waals surface area contributed by atoms with Crippen LogP contribution in [0, 0.1) is 5.92 Å². The monoisotopic (exact) mass is 297 g/mol. The van der Waals surface area contributed by atoms with Gasteiger partial charge in [-0.15, -0.1) is 0 Å². The van der Waals surface area contributed by atoms with Crippen LogP contribution >= 0.6 is 11.8 Å². The van der Waals surface area contributed by atoms with Crippen molar-refractivity contribution < 1.29 is 9.53 Å². The second-order valence-corrected chi connectivity index (χ2v) is 6.97. The molecule has 20 heavy (non-hydrogen) atoms. The molecule has 0 aromatic heterocycles. The van der Waals surface area contributed by atoms with Crippen LogP contribution in [-0.2, 0) is 4.74 Å². The van der Waals surface area contributed by atoms with Gasteiger partial charge in [0.1, 0.15) is 0 Å². The van der Waals surface area contributed by atoms with Gasteiger partial charge in [-0.3, -0.25) is 4.99 Å². The number of thioether (sulfide) groups is 1. The number of hydrogen-bond donors (Lipinski definition) is 1. The fourth-order valence-electron chi connectivity index (χ4n) is 2.78. The Morgan fingerprint density at radius 3 is 2.80 bits per heavy atom. The smallest absolute Gasteiger partial charge is 0.409 e. The maximum atomic E-state index is 11.6. The number of nitrogens with zero attached hydrogens (tertiary/aromatic N) is 2. The van der Waals surface area contributed by atoms with E-state index in [-0.39, 0.29) is 6.09 Å². The highest BCUT2D eigenvalue weighted by atomic mass is 32.2. The van der Waals surface area contributed by atoms with E-state index in [0.717, 1.165) is 48.8 Å². The average Bonchev–Trinajstić information content (AvgIpc) is 3.21. The zero-order valence-electron chi connectivity index (χ0n) is 12.0. The zero-order valence-corrected chi connectivity index (χ0v) is 12.8. The maximum absolute atomic E-state index is 11.6. The van der Waals surface area contributed by atoms with E-state index >= 15 is 0 Å². The minimum Gasteiger partial charge on any atom is -0.450 e. The standard InChI is InChI=1S/C14H23N3O2S/c1-2-19-14(18)17-7-5-11(6-8-17)16-13-15-9-12(20-13)10-3-4-10/h10-12H,2-9H2,1H3,(H,15,16). The third kappa shape index (κ3) is 3.40. The molecule has 1 atom stereocenters. The fraction of sp³-hybridized carbons (Fsp3) is 0.857. The van der Waals surface area contributed by atoms with E-state index in [1.807, 2.05) is 18.7 Å². The van der Waals surface area contributed by atoms with Gasteiger partial charge in [-0.1, -0.05) is 11.8 Å². The number of carbonyl (C=O) groups is 1. The number of carbonyl (C=O) groups excluding carboxylic acids is 1. The molecular formula is C14H23N3O2S. The van der Waals surface area contributed by atoms with Crippen molar-refractivity contribution in [1.29, 1.82) is 0 Å². The third-order valence-corrected chi connectivity index (χ3v) is 5.48. The lowest BCUT2D eigenvalue weighted by Crippen LogP contribution is -2.46. The summed E-state index contributed by atoms with van der Waals surface area (Å²) in [5.74, 6) is 0.911. The number of piperidine rings is 1. The molecule has 0 radical (unpaired) electrons. The molecular weight excluding hydrogens is 274 g/mol. The number of amidine groups is 1. The van der Waals surface area contributed by atoms with Crippen molar-refractivity contribution in [1.82, 2.24) is 10.2 Å². The Labute approximate surface area is 124 Å². The van der Waals surface area contributed by atoms with Crippen molar-refractivity contribution in [3.8, 4) is 0 Å². The van der Waals surface area contributed by atoms with Gasteiger partial charge in [-0.25, -0.2) is 4.79 Å². The summed E-state index contributed by atoms with van der Waals surface area (Å²) >= 11 is 1.92. The first-order valence-electron chi connectivity index (χ1n) is 7.65. The van der Waals surface area contributed by atoms with Gasteiger partial charge in [0.25, 0.3) is 0 Å². The van der Waals surface area contributed by atoms with Gasteiger partial charge in [-0.05, 0) is 38.5 Å². The molecule has 3 aliphatic rings. The van der Waals surface area contributed by atoms with E-state index < -0.39 is 0 Å². The molecule has 1 amide bonds. The molecule has 1 unspecified atom stereocenters. The van der Waals surface area contributed by atoms with Crippen molar-refractivity contribution >= 4 is 23.0 Å². The molecule has 0 aromatic carbocycles. The predicted octanol–water partition coefficient (Wildman–Crippen LogP) is 2.08. The second-order valence-electron chi connectivity index (χ2n) is 5.74. The summed E-state index contributed by atoms with van der Waals surface area (Å²) < 4.78 is 5.04. The minimum atomic E-state index is -0.174. The first kappa shape index (κ1) is 14.0. The molecule has 5 nitrogen and oxygen atoms in total. The molecule has 1 saturated heterocycles. The summed E-state index contributed by atoms with van der Waals surface area (Å²) in [6.07, 6.45) is 4.56. The largest absolute Gasteiger partial charge is 0.450 e. The van der Waals surface area contributed by atoms with Crippen LogP contribution in [0.2, 0.25) is 0 Å². The number of rotatable bonds is 3. The second kappa shape index (κ2) is 6.24. The topological polar surface area (TPSA) is 53.9 Å². The van der Waals surface area contributed by atoms with Crippen molar-refractivity contribution in [2.75, 3.05) is 26.2 Å². The van der Waals surface area contributed by atoms with Crippen LogP contribution < -0.4 is 5.32 Å². The SMILES string of the molecule is CCOC(=O)N1CCC(NC2=NCC(C3CC3)S2)CC1. The highest BCUT2D eigenvalue weighted by Crippen LogP contribution is 2.41. The number of hydrogen-bond acceptors (Lipinski definition) is 5. The van der Waals surface area contributed by atoms with E-state index in [4.69, 9.17) is 4.74 Å². The summed E-state index contributed by atoms with van der Waals surface area (Å²) in [7, 11) is 0. The van der Waals surface area contributed by atoms with Crippen LogP contribution in [-0.4, -0.2) is 53.7 Å². The third-order valence-electron chi connectivity index (χ3n) is 4.17. The number of aliphatic imine (C=N–C) groups is 1. The van der Waals surface area contributed by atoms with E-state index in [0.29, 0.717) is 12.6 Å². The van der Waals surface area contributed by atoms with Crippen molar-refractivity contribution in [3.05, 3.63) is 0 Å². The summed E-state index contributed by atoms with van der Waals surface area (Å²) in [6.45, 7) is 4.84. The van der Waals surface area contributed by atoms with Crippen LogP contribution in [0.1, 0.15) is 32.6 Å². The van der Waals surface area contributed by atoms with Crippen molar-refractivity contribution in [3.63, 3.8) is 0 Å². The number of likely N-dealkylation sites (tertiary alicyclic amines) is 1. The summed E-state index contributed by atoms with van der Waals surface area (Å²) in [5, 5.41) is 5.40. The lowest BCUT2D eigenvalue weighted by molar-refractivity contribution is 0.0964. The lowest BCUT2D eigenvalue weighted by atomic mass is 10.1. The number of amides is 1. The molecule has 1 N–H and O–H groups in total. The van der Waals surface area contributed by atoms with Crippen LogP contribution in [0.5, 0.6) is 0 Å². The van der Waals surface area contributed by atoms with Gasteiger partial charge >= 0.3 is 6.09 Å². The number of nitrogens with one attached hydrogen (secondary N) is 1. The van der Waals surface area contributed by atoms with Gasteiger partial charge in [-0.2, -0.15) is 0 Å². The number of ether oxygens (including phenoxy) is 1. The molecule has 2 fully saturated rings. The van der Waals surface area contributed by atoms with Crippen LogP contribution in [0.25, 0.3) is 0 Å². The van der Waals surface area contributed by atoms with Gasteiger partial charge < -0.3 is 15.0 Å². The molecule has 6 heteroatoms. The first-order chi connectivity index (χ1) is 9.76. The molecule has 1 saturated carbocycles. The Morgan fingerprint density at radius 1 is 1.40 bits per heavy atom.